The predicted octanol–water partition coefficient (Wildman–Crippen LogP) is 3.26. The number of nitrogens with zero attached hydrogens (tertiary/aromatic N) is 7. The van der Waals surface area contributed by atoms with Crippen LogP contribution in [0.4, 0.5) is 21.8 Å². The molecule has 12 nitrogen and oxygen atoms in total. The van der Waals surface area contributed by atoms with Crippen LogP contribution in [0.2, 0.25) is 5.02 Å². The summed E-state index contributed by atoms with van der Waals surface area (Å²) in [6.45, 7) is 8.62. The first-order chi connectivity index (χ1) is 18.8. The Bertz CT molecular complexity index is 1450. The molecule has 0 aliphatic carbocycles. The van der Waals surface area contributed by atoms with Gasteiger partial charge in [0.05, 0.1) is 17.5 Å². The Morgan fingerprint density at radius 3 is 2.77 bits per heavy atom. The van der Waals surface area contributed by atoms with Crippen LogP contribution in [0.3, 0.4) is 0 Å². The Labute approximate surface area is 236 Å². The van der Waals surface area contributed by atoms with Crippen LogP contribution in [-0.2, 0) is 7.05 Å². The molecule has 2 aliphatic rings. The van der Waals surface area contributed by atoms with E-state index in [-0.39, 0.29) is 41.3 Å². The van der Waals surface area contributed by atoms with E-state index in [0.717, 1.165) is 34.8 Å². The minimum absolute atomic E-state index is 0.00743. The number of halogens is 2. The Morgan fingerprint density at radius 2 is 2.08 bits per heavy atom. The SMILES string of the molecule is Cn1nnn(-c2cc(Nc3ncc(Cl)c(N[C@@H]4C[C@@H]5CCCN5C(C)(C)C4)n3)c(F)cc2OCC(C)(C)O)c1=O. The van der Waals surface area contributed by atoms with Crippen molar-refractivity contribution in [1.82, 2.24) is 34.7 Å². The normalized spacial score (nSPS) is 20.8. The van der Waals surface area contributed by atoms with E-state index in [4.69, 9.17) is 16.3 Å². The molecule has 5 rings (SSSR count). The van der Waals surface area contributed by atoms with Gasteiger partial charge in [0.1, 0.15) is 23.1 Å². The number of aromatic nitrogens is 6. The first-order valence-electron chi connectivity index (χ1n) is 13.3. The highest BCUT2D eigenvalue weighted by molar-refractivity contribution is 6.32. The molecule has 3 aromatic rings. The van der Waals surface area contributed by atoms with Crippen LogP contribution in [-0.4, -0.2) is 76.1 Å². The molecule has 2 atom stereocenters. The predicted molar refractivity (Wildman–Crippen MR) is 149 cm³/mol. The molecule has 0 bridgehead atoms. The van der Waals surface area contributed by atoms with Gasteiger partial charge in [-0.1, -0.05) is 11.6 Å². The van der Waals surface area contributed by atoms with Crippen LogP contribution in [0.25, 0.3) is 5.69 Å². The number of nitrogens with one attached hydrogen (secondary N) is 2. The van der Waals surface area contributed by atoms with Gasteiger partial charge in [-0.2, -0.15) is 14.3 Å². The average molecular weight is 576 g/mol. The molecule has 0 unspecified atom stereocenters. The van der Waals surface area contributed by atoms with Gasteiger partial charge in [-0.05, 0) is 76.4 Å². The van der Waals surface area contributed by atoms with Crippen LogP contribution < -0.4 is 21.1 Å². The van der Waals surface area contributed by atoms with Crippen LogP contribution >= 0.6 is 11.6 Å². The van der Waals surface area contributed by atoms with E-state index in [2.05, 4.69) is 49.8 Å². The Kier molecular flexibility index (Phi) is 7.48. The number of piperidine rings is 1. The highest BCUT2D eigenvalue weighted by atomic mass is 35.5. The standard InChI is InChI=1S/C26H35ClFN9O3/c1-25(2)12-15(9-16-7-6-8-36(16)25)30-22-17(27)13-29-23(32-22)31-19-11-20(37-24(38)35(5)33-34-37)21(10-18(19)28)40-14-26(3,4)39/h10-11,13,15-16,39H,6-9,12,14H2,1-5H3,(H2,29,30,31,32)/t15-,16+/m1/s1. The Balaban J connectivity index is 1.42. The smallest absolute Gasteiger partial charge is 0.368 e. The number of hydrogen-bond donors (Lipinski definition) is 3. The zero-order chi connectivity index (χ0) is 28.8. The van der Waals surface area contributed by atoms with Crippen molar-refractivity contribution in [2.75, 3.05) is 23.8 Å². The van der Waals surface area contributed by atoms with Gasteiger partial charge in [-0.15, -0.1) is 0 Å². The number of rotatable bonds is 8. The second-order valence-electron chi connectivity index (χ2n) is 11.8. The maximum absolute atomic E-state index is 15.3. The summed E-state index contributed by atoms with van der Waals surface area (Å²) in [4.78, 5) is 24.0. The van der Waals surface area contributed by atoms with Crippen LogP contribution in [0.15, 0.2) is 23.1 Å². The fraction of sp³-hybridized carbons (Fsp3) is 0.577. The largest absolute Gasteiger partial charge is 0.488 e. The van der Waals surface area contributed by atoms with Crippen molar-refractivity contribution < 1.29 is 14.2 Å². The van der Waals surface area contributed by atoms with E-state index in [1.165, 1.54) is 32.2 Å². The topological polar surface area (TPSA) is 135 Å². The molecule has 1 aromatic carbocycles. The first kappa shape index (κ1) is 28.2. The molecule has 2 saturated heterocycles. The van der Waals surface area contributed by atoms with Gasteiger partial charge in [-0.3, -0.25) is 4.90 Å². The summed E-state index contributed by atoms with van der Waals surface area (Å²) in [5, 5.41) is 24.4. The second kappa shape index (κ2) is 10.6. The monoisotopic (exact) mass is 575 g/mol. The minimum atomic E-state index is -1.19. The molecular formula is C26H35ClFN9O3. The van der Waals surface area contributed by atoms with Gasteiger partial charge in [0.25, 0.3) is 0 Å². The molecule has 0 saturated carbocycles. The lowest BCUT2D eigenvalue weighted by molar-refractivity contribution is 0.0283. The van der Waals surface area contributed by atoms with Crippen molar-refractivity contribution in [3.05, 3.63) is 39.7 Å². The molecule has 2 aliphatic heterocycles. The summed E-state index contributed by atoms with van der Waals surface area (Å²) in [5.41, 5.74) is -1.58. The quantitative estimate of drug-likeness (QED) is 0.367. The number of hydrogen-bond acceptors (Lipinski definition) is 10. The van der Waals surface area contributed by atoms with Crippen LogP contribution in [0.1, 0.15) is 53.4 Å². The lowest BCUT2D eigenvalue weighted by Gasteiger charge is -2.47. The van der Waals surface area contributed by atoms with Crippen molar-refractivity contribution >= 4 is 29.1 Å². The molecule has 4 heterocycles. The van der Waals surface area contributed by atoms with Crippen LogP contribution in [0, 0.1) is 5.82 Å². The fourth-order valence-corrected chi connectivity index (χ4v) is 5.75. The van der Waals surface area contributed by atoms with Crippen LogP contribution in [0.5, 0.6) is 5.75 Å². The maximum Gasteiger partial charge on any atom is 0.368 e. The van der Waals surface area contributed by atoms with E-state index < -0.39 is 17.1 Å². The van der Waals surface area contributed by atoms with Crippen molar-refractivity contribution in [2.45, 2.75) is 76.6 Å². The number of tetrazole rings is 1. The number of aliphatic hydroxyl groups is 1. The zero-order valence-corrected chi connectivity index (χ0v) is 24.0. The Hall–Kier alpha value is -3.29. The van der Waals surface area contributed by atoms with Crippen molar-refractivity contribution in [2.24, 2.45) is 7.05 Å². The number of fused-ring (bicyclic) bond motifs is 1. The molecule has 0 amide bonds. The number of ether oxygens (including phenoxy) is 1. The average Bonchev–Trinajstić information content (AvgIpc) is 3.48. The van der Waals surface area contributed by atoms with E-state index >= 15 is 4.39 Å². The van der Waals surface area contributed by atoms with Gasteiger partial charge in [0, 0.05) is 30.7 Å². The third-order valence-corrected chi connectivity index (χ3v) is 7.64. The summed E-state index contributed by atoms with van der Waals surface area (Å²) in [6, 6.07) is 3.16. The van der Waals surface area contributed by atoms with Crippen molar-refractivity contribution in [3.63, 3.8) is 0 Å². The van der Waals surface area contributed by atoms with Gasteiger partial charge in [0.15, 0.2) is 11.6 Å². The molecular weight excluding hydrogens is 541 g/mol. The maximum atomic E-state index is 15.3. The molecule has 216 valence electrons. The highest BCUT2D eigenvalue weighted by Crippen LogP contribution is 2.39. The number of aryl methyl sites for hydroxylation is 1. The highest BCUT2D eigenvalue weighted by Gasteiger charge is 2.43. The molecule has 0 radical (unpaired) electrons. The fourth-order valence-electron chi connectivity index (χ4n) is 5.60. The third kappa shape index (κ3) is 5.91. The van der Waals surface area contributed by atoms with E-state index in [1.807, 2.05) is 0 Å². The number of benzene rings is 1. The molecule has 0 spiro atoms. The van der Waals surface area contributed by atoms with Gasteiger partial charge < -0.3 is 20.5 Å². The summed E-state index contributed by atoms with van der Waals surface area (Å²) in [5.74, 6) is -0.101. The van der Waals surface area contributed by atoms with Gasteiger partial charge in [0.2, 0.25) is 5.95 Å². The summed E-state index contributed by atoms with van der Waals surface area (Å²) in [6.07, 6.45) is 5.77. The van der Waals surface area contributed by atoms with E-state index in [1.54, 1.807) is 13.8 Å². The minimum Gasteiger partial charge on any atom is -0.488 e. The van der Waals surface area contributed by atoms with Gasteiger partial charge in [-0.25, -0.2) is 14.2 Å². The molecule has 2 fully saturated rings. The van der Waals surface area contributed by atoms with E-state index in [9.17, 15) is 9.90 Å². The van der Waals surface area contributed by atoms with Gasteiger partial charge >= 0.3 is 5.69 Å². The molecule has 3 N–H and O–H groups in total. The molecule has 40 heavy (non-hydrogen) atoms. The first-order valence-corrected chi connectivity index (χ1v) is 13.7. The summed E-state index contributed by atoms with van der Waals surface area (Å²) < 4.78 is 23.0. The summed E-state index contributed by atoms with van der Waals surface area (Å²) in [7, 11) is 1.44. The Morgan fingerprint density at radius 1 is 1.30 bits per heavy atom. The zero-order valence-electron chi connectivity index (χ0n) is 23.3. The third-order valence-electron chi connectivity index (χ3n) is 7.37. The molecule has 14 heteroatoms. The van der Waals surface area contributed by atoms with Crippen molar-refractivity contribution in [1.29, 1.82) is 0 Å². The lowest BCUT2D eigenvalue weighted by Crippen LogP contribution is -2.55. The second-order valence-corrected chi connectivity index (χ2v) is 12.2. The molecule has 2 aromatic heterocycles. The van der Waals surface area contributed by atoms with E-state index in [0.29, 0.717) is 16.9 Å². The summed E-state index contributed by atoms with van der Waals surface area (Å²) >= 11 is 6.46. The van der Waals surface area contributed by atoms with Crippen molar-refractivity contribution in [3.8, 4) is 11.4 Å². The number of anilines is 3. The lowest BCUT2D eigenvalue weighted by atomic mass is 9.84.